The highest BCUT2D eigenvalue weighted by Gasteiger charge is 2.44. The summed E-state index contributed by atoms with van der Waals surface area (Å²) in [6.45, 7) is 2.02. The quantitative estimate of drug-likeness (QED) is 0.778. The van der Waals surface area contributed by atoms with Gasteiger partial charge in [0.15, 0.2) is 5.78 Å². The molecule has 1 heterocycles. The van der Waals surface area contributed by atoms with Crippen LogP contribution in [0.25, 0.3) is 0 Å². The Kier molecular flexibility index (Phi) is 4.52. The summed E-state index contributed by atoms with van der Waals surface area (Å²) >= 11 is 1.17. The third-order valence-electron chi connectivity index (χ3n) is 3.29. The Balaban J connectivity index is 2.27. The summed E-state index contributed by atoms with van der Waals surface area (Å²) in [6.07, 6.45) is 0.777. The number of rotatable bonds is 2. The fourth-order valence-electron chi connectivity index (χ4n) is 2.09. The van der Waals surface area contributed by atoms with Crippen LogP contribution in [-0.2, 0) is 4.79 Å². The van der Waals surface area contributed by atoms with Gasteiger partial charge < -0.3 is 4.90 Å². The molecule has 0 aromatic carbocycles. The van der Waals surface area contributed by atoms with Crippen molar-refractivity contribution in [3.05, 3.63) is 45.4 Å². The minimum Gasteiger partial charge on any atom is -0.364 e. The molecule has 2 aliphatic rings. The van der Waals surface area contributed by atoms with Crippen LogP contribution in [0.1, 0.15) is 6.92 Å². The molecule has 1 aliphatic heterocycles. The van der Waals surface area contributed by atoms with E-state index in [-0.39, 0.29) is 0 Å². The number of halogens is 3. The predicted octanol–water partition coefficient (Wildman–Crippen LogP) is 3.55. The van der Waals surface area contributed by atoms with E-state index in [0.29, 0.717) is 22.6 Å². The number of nitriles is 1. The third kappa shape index (κ3) is 3.45. The Hall–Kier alpha value is -1.94. The monoisotopic (exact) mass is 326 g/mol. The van der Waals surface area contributed by atoms with Crippen LogP contribution in [0.15, 0.2) is 45.4 Å². The first-order chi connectivity index (χ1) is 10.2. The van der Waals surface area contributed by atoms with Gasteiger partial charge in [0.05, 0.1) is 17.6 Å². The van der Waals surface area contributed by atoms with Gasteiger partial charge in [-0.25, -0.2) is 0 Å². The van der Waals surface area contributed by atoms with Gasteiger partial charge in [-0.05, 0) is 30.7 Å². The molecule has 0 aromatic rings. The van der Waals surface area contributed by atoms with Gasteiger partial charge in [0.25, 0.3) is 0 Å². The number of ketones is 1. The molecule has 0 aromatic heterocycles. The SMILES string of the molecule is CC1=CC(=O)C(C(F)(F)F)C=C1SC1=CC=C(C#N)CN1C. The van der Waals surface area contributed by atoms with Crippen LogP contribution in [0.3, 0.4) is 0 Å². The van der Waals surface area contributed by atoms with E-state index in [0.717, 1.165) is 17.2 Å². The highest BCUT2D eigenvalue weighted by atomic mass is 32.2. The molecule has 0 fully saturated rings. The number of alkyl halides is 3. The van der Waals surface area contributed by atoms with Gasteiger partial charge >= 0.3 is 6.18 Å². The highest BCUT2D eigenvalue weighted by Crippen LogP contribution is 2.40. The van der Waals surface area contributed by atoms with E-state index < -0.39 is 17.9 Å². The minimum atomic E-state index is -4.58. The Labute approximate surface area is 130 Å². The van der Waals surface area contributed by atoms with E-state index in [1.165, 1.54) is 11.8 Å². The molecule has 0 bridgehead atoms. The number of hydrogen-bond acceptors (Lipinski definition) is 4. The smallest absolute Gasteiger partial charge is 0.364 e. The van der Waals surface area contributed by atoms with E-state index in [4.69, 9.17) is 5.26 Å². The van der Waals surface area contributed by atoms with Crippen LogP contribution < -0.4 is 0 Å². The fraction of sp³-hybridized carbons (Fsp3) is 0.333. The molecule has 7 heteroatoms. The van der Waals surface area contributed by atoms with Crippen molar-refractivity contribution in [3.8, 4) is 6.07 Å². The van der Waals surface area contributed by atoms with Crippen molar-refractivity contribution in [1.29, 1.82) is 5.26 Å². The van der Waals surface area contributed by atoms with Crippen molar-refractivity contribution in [1.82, 2.24) is 4.90 Å². The number of nitrogens with zero attached hydrogens (tertiary/aromatic N) is 2. The Morgan fingerprint density at radius 3 is 2.64 bits per heavy atom. The summed E-state index contributed by atoms with van der Waals surface area (Å²) in [7, 11) is 1.76. The molecule has 0 saturated carbocycles. The molecule has 0 radical (unpaired) electrons. The molecule has 0 spiro atoms. The lowest BCUT2D eigenvalue weighted by atomic mass is 9.95. The number of carbonyl (C=O) groups excluding carboxylic acids is 1. The summed E-state index contributed by atoms with van der Waals surface area (Å²) in [5, 5.41) is 9.58. The van der Waals surface area contributed by atoms with Gasteiger partial charge in [-0.1, -0.05) is 17.8 Å². The van der Waals surface area contributed by atoms with Crippen molar-refractivity contribution in [2.45, 2.75) is 13.1 Å². The van der Waals surface area contributed by atoms with Gasteiger partial charge in [0.2, 0.25) is 0 Å². The second kappa shape index (κ2) is 6.05. The maximum absolute atomic E-state index is 12.9. The van der Waals surface area contributed by atoms with Crippen LogP contribution in [0, 0.1) is 17.2 Å². The summed E-state index contributed by atoms with van der Waals surface area (Å²) in [6, 6.07) is 2.05. The maximum atomic E-state index is 12.9. The highest BCUT2D eigenvalue weighted by molar-refractivity contribution is 8.06. The average Bonchev–Trinajstić information content (AvgIpc) is 2.42. The van der Waals surface area contributed by atoms with Crippen molar-refractivity contribution in [3.63, 3.8) is 0 Å². The zero-order valence-corrected chi connectivity index (χ0v) is 12.8. The zero-order chi connectivity index (χ0) is 16.5. The molecule has 116 valence electrons. The lowest BCUT2D eigenvalue weighted by Crippen LogP contribution is -2.30. The molecular formula is C15H13F3N2OS. The largest absolute Gasteiger partial charge is 0.402 e. The average molecular weight is 326 g/mol. The van der Waals surface area contributed by atoms with Crippen LogP contribution in [0.5, 0.6) is 0 Å². The van der Waals surface area contributed by atoms with E-state index in [9.17, 15) is 18.0 Å². The predicted molar refractivity (Wildman–Crippen MR) is 78.4 cm³/mol. The number of thioether (sulfide) groups is 1. The maximum Gasteiger partial charge on any atom is 0.402 e. The third-order valence-corrected chi connectivity index (χ3v) is 4.63. The minimum absolute atomic E-state index is 0.410. The summed E-state index contributed by atoms with van der Waals surface area (Å²) < 4.78 is 38.6. The van der Waals surface area contributed by atoms with Crippen LogP contribution in [0.4, 0.5) is 13.2 Å². The van der Waals surface area contributed by atoms with E-state index >= 15 is 0 Å². The van der Waals surface area contributed by atoms with Gasteiger partial charge in [-0.3, -0.25) is 4.79 Å². The molecule has 1 unspecified atom stereocenters. The number of carbonyl (C=O) groups is 1. The van der Waals surface area contributed by atoms with E-state index in [1.807, 2.05) is 6.07 Å². The van der Waals surface area contributed by atoms with Gasteiger partial charge in [-0.2, -0.15) is 18.4 Å². The molecule has 1 atom stereocenters. The van der Waals surface area contributed by atoms with Crippen molar-refractivity contribution >= 4 is 17.5 Å². The van der Waals surface area contributed by atoms with Crippen LogP contribution in [0.2, 0.25) is 0 Å². The number of likely N-dealkylation sites (N-methyl/N-ethyl adjacent to an activating group) is 1. The number of allylic oxidation sites excluding steroid dienone is 5. The fourth-order valence-corrected chi connectivity index (χ4v) is 3.10. The van der Waals surface area contributed by atoms with Gasteiger partial charge in [0, 0.05) is 17.5 Å². The molecule has 2 rings (SSSR count). The summed E-state index contributed by atoms with van der Waals surface area (Å²) in [4.78, 5) is 13.7. The molecule has 1 aliphatic carbocycles. The number of hydrogen-bond donors (Lipinski definition) is 0. The first-order valence-electron chi connectivity index (χ1n) is 6.43. The standard InChI is InChI=1S/C15H13F3N2OS/c1-9-5-12(21)11(15(16,17)18)6-13(9)22-14-4-3-10(7-19)8-20(14)2/h3-6,11H,8H2,1-2H3. The molecule has 0 amide bonds. The van der Waals surface area contributed by atoms with Crippen molar-refractivity contribution in [2.24, 2.45) is 5.92 Å². The Morgan fingerprint density at radius 1 is 1.41 bits per heavy atom. The van der Waals surface area contributed by atoms with E-state index in [1.54, 1.807) is 31.0 Å². The van der Waals surface area contributed by atoms with Crippen molar-refractivity contribution in [2.75, 3.05) is 13.6 Å². The normalized spacial score (nSPS) is 22.5. The topological polar surface area (TPSA) is 44.1 Å². The van der Waals surface area contributed by atoms with Crippen LogP contribution >= 0.6 is 11.8 Å². The molecule has 3 nitrogen and oxygen atoms in total. The van der Waals surface area contributed by atoms with Gasteiger partial charge in [0.1, 0.15) is 5.92 Å². The van der Waals surface area contributed by atoms with Gasteiger partial charge in [-0.15, -0.1) is 0 Å². The second-order valence-electron chi connectivity index (χ2n) is 5.05. The Bertz CT molecular complexity index is 665. The first kappa shape index (κ1) is 16.4. The first-order valence-corrected chi connectivity index (χ1v) is 7.25. The summed E-state index contributed by atoms with van der Waals surface area (Å²) in [5.74, 6) is -3.02. The molecule has 0 N–H and O–H groups in total. The summed E-state index contributed by atoms with van der Waals surface area (Å²) in [5.41, 5.74) is 1.10. The van der Waals surface area contributed by atoms with Crippen LogP contribution in [-0.4, -0.2) is 30.5 Å². The second-order valence-corrected chi connectivity index (χ2v) is 6.11. The molecular weight excluding hydrogens is 313 g/mol. The molecule has 0 saturated heterocycles. The Morgan fingerprint density at radius 2 is 2.09 bits per heavy atom. The molecule has 22 heavy (non-hydrogen) atoms. The van der Waals surface area contributed by atoms with Crippen molar-refractivity contribution < 1.29 is 18.0 Å². The lowest BCUT2D eigenvalue weighted by Gasteiger charge is -2.27. The lowest BCUT2D eigenvalue weighted by molar-refractivity contribution is -0.168. The zero-order valence-electron chi connectivity index (χ0n) is 11.9. The van der Waals surface area contributed by atoms with E-state index in [2.05, 4.69) is 0 Å².